The third-order valence-corrected chi connectivity index (χ3v) is 9.29. The van der Waals surface area contributed by atoms with E-state index in [-0.39, 0.29) is 11.8 Å². The van der Waals surface area contributed by atoms with E-state index >= 15 is 0 Å². The van der Waals surface area contributed by atoms with Gasteiger partial charge in [-0.3, -0.25) is 19.5 Å². The van der Waals surface area contributed by atoms with Crippen LogP contribution in [0, 0.1) is 11.8 Å². The first-order chi connectivity index (χ1) is 20.5. The van der Waals surface area contributed by atoms with Gasteiger partial charge in [-0.05, 0) is 61.9 Å². The van der Waals surface area contributed by atoms with Crippen molar-refractivity contribution in [2.45, 2.75) is 38.8 Å². The first-order valence-electron chi connectivity index (χ1n) is 15.5. The molecule has 0 unspecified atom stereocenters. The fourth-order valence-electron chi connectivity index (χ4n) is 6.78. The minimum absolute atomic E-state index is 0.162. The number of fused-ring (bicyclic) bond motifs is 4. The molecule has 0 spiro atoms. The van der Waals surface area contributed by atoms with Gasteiger partial charge in [-0.1, -0.05) is 36.4 Å². The van der Waals surface area contributed by atoms with E-state index in [1.54, 1.807) is 0 Å². The Hall–Kier alpha value is -3.49. The molecule has 2 amide bonds. The Kier molecular flexibility index (Phi) is 9.01. The number of piperidine rings is 1. The molecular formula is C34H43N5O3. The van der Waals surface area contributed by atoms with Gasteiger partial charge < -0.3 is 19.4 Å². The van der Waals surface area contributed by atoms with Gasteiger partial charge in [-0.15, -0.1) is 0 Å². The Morgan fingerprint density at radius 1 is 0.976 bits per heavy atom. The molecule has 3 aliphatic rings. The molecule has 0 aliphatic carbocycles. The molecule has 0 saturated carbocycles. The quantitative estimate of drug-likeness (QED) is 0.473. The van der Waals surface area contributed by atoms with Crippen molar-refractivity contribution in [2.75, 3.05) is 59.5 Å². The highest BCUT2D eigenvalue weighted by molar-refractivity contribution is 5.80. The number of rotatable bonds is 4. The van der Waals surface area contributed by atoms with E-state index < -0.39 is 0 Å². The van der Waals surface area contributed by atoms with E-state index in [9.17, 15) is 9.59 Å². The summed E-state index contributed by atoms with van der Waals surface area (Å²) in [6.07, 6.45) is 5.26. The first-order valence-corrected chi connectivity index (χ1v) is 15.5. The number of nitrogens with zero attached hydrogens (tertiary/aromatic N) is 5. The Balaban J connectivity index is 1.19. The summed E-state index contributed by atoms with van der Waals surface area (Å²) in [7, 11) is 2.11. The van der Waals surface area contributed by atoms with E-state index in [0.717, 1.165) is 79.8 Å². The second kappa shape index (κ2) is 13.2. The van der Waals surface area contributed by atoms with Gasteiger partial charge in [0.25, 0.3) is 0 Å². The van der Waals surface area contributed by atoms with Crippen LogP contribution in [0.2, 0.25) is 0 Å². The van der Waals surface area contributed by atoms with E-state index in [1.165, 1.54) is 0 Å². The summed E-state index contributed by atoms with van der Waals surface area (Å²) in [6, 6.07) is 18.5. The summed E-state index contributed by atoms with van der Waals surface area (Å²) >= 11 is 0. The average molecular weight is 570 g/mol. The largest absolute Gasteiger partial charge is 0.493 e. The summed E-state index contributed by atoms with van der Waals surface area (Å²) in [5.74, 6) is 1.93. The van der Waals surface area contributed by atoms with Crippen molar-refractivity contribution in [1.29, 1.82) is 0 Å². The number of amides is 2. The van der Waals surface area contributed by atoms with Crippen LogP contribution in [0.25, 0.3) is 10.9 Å². The zero-order valence-electron chi connectivity index (χ0n) is 24.8. The molecular weight excluding hydrogens is 526 g/mol. The Morgan fingerprint density at radius 3 is 2.67 bits per heavy atom. The predicted molar refractivity (Wildman–Crippen MR) is 164 cm³/mol. The lowest BCUT2D eigenvalue weighted by Crippen LogP contribution is -2.50. The van der Waals surface area contributed by atoms with Crippen molar-refractivity contribution in [3.05, 3.63) is 71.9 Å². The van der Waals surface area contributed by atoms with Gasteiger partial charge in [-0.25, -0.2) is 0 Å². The van der Waals surface area contributed by atoms with Crippen LogP contribution in [-0.2, 0) is 22.7 Å². The molecule has 3 aliphatic heterocycles. The molecule has 42 heavy (non-hydrogen) atoms. The molecule has 4 heterocycles. The molecule has 222 valence electrons. The summed E-state index contributed by atoms with van der Waals surface area (Å²) < 4.78 is 6.33. The van der Waals surface area contributed by atoms with E-state index in [4.69, 9.17) is 4.74 Å². The van der Waals surface area contributed by atoms with Crippen LogP contribution in [0.5, 0.6) is 5.75 Å². The van der Waals surface area contributed by atoms with Crippen molar-refractivity contribution >= 4 is 22.7 Å². The minimum Gasteiger partial charge on any atom is -0.493 e. The molecule has 2 atom stereocenters. The van der Waals surface area contributed by atoms with Gasteiger partial charge >= 0.3 is 0 Å². The Labute approximate surface area is 249 Å². The molecule has 2 fully saturated rings. The molecule has 3 aromatic rings. The molecule has 2 aromatic carbocycles. The number of pyridine rings is 1. The smallest absolute Gasteiger partial charge is 0.236 e. The zero-order chi connectivity index (χ0) is 28.9. The second-order valence-electron chi connectivity index (χ2n) is 12.3. The first kappa shape index (κ1) is 28.6. The number of piperazine rings is 1. The van der Waals surface area contributed by atoms with Crippen LogP contribution in [0.4, 0.5) is 0 Å². The van der Waals surface area contributed by atoms with Crippen molar-refractivity contribution in [3.63, 3.8) is 0 Å². The van der Waals surface area contributed by atoms with E-state index in [1.807, 2.05) is 47.5 Å². The van der Waals surface area contributed by atoms with Crippen LogP contribution in [0.1, 0.15) is 36.8 Å². The number of likely N-dealkylation sites (N-methyl/N-ethyl adjacent to an activating group) is 1. The summed E-state index contributed by atoms with van der Waals surface area (Å²) in [6.45, 7) is 7.14. The maximum atomic E-state index is 13.8. The molecule has 8 nitrogen and oxygen atoms in total. The third kappa shape index (κ3) is 6.93. The highest BCUT2D eigenvalue weighted by atomic mass is 16.5. The van der Waals surface area contributed by atoms with Crippen LogP contribution in [-0.4, -0.2) is 95.9 Å². The zero-order valence-corrected chi connectivity index (χ0v) is 24.8. The SMILES string of the molecule is CN1CCN(C(=O)C[C@@H]2CCN3C[C@@H]2CCCOc2ccccc2CN(Cc2cnc4ccccc4c2)CC3=O)CC1. The molecule has 6 rings (SSSR count). The lowest BCUT2D eigenvalue weighted by atomic mass is 9.80. The maximum absolute atomic E-state index is 13.8. The number of carbonyl (C=O) groups is 2. The highest BCUT2D eigenvalue weighted by Gasteiger charge is 2.34. The number of hydrogen-bond donors (Lipinski definition) is 0. The molecule has 2 saturated heterocycles. The normalized spacial score (nSPS) is 22.9. The van der Waals surface area contributed by atoms with Crippen molar-refractivity contribution < 1.29 is 14.3 Å². The van der Waals surface area contributed by atoms with Gasteiger partial charge in [0.2, 0.25) is 11.8 Å². The molecule has 2 bridgehead atoms. The lowest BCUT2D eigenvalue weighted by Gasteiger charge is -2.40. The minimum atomic E-state index is 0.162. The number of carbonyl (C=O) groups excluding carboxylic acids is 2. The van der Waals surface area contributed by atoms with Gasteiger partial charge in [-0.2, -0.15) is 0 Å². The van der Waals surface area contributed by atoms with Crippen LogP contribution < -0.4 is 4.74 Å². The number of para-hydroxylation sites is 2. The van der Waals surface area contributed by atoms with E-state index in [2.05, 4.69) is 44.9 Å². The number of benzene rings is 2. The summed E-state index contributed by atoms with van der Waals surface area (Å²) in [5, 5.41) is 1.10. The van der Waals surface area contributed by atoms with Crippen LogP contribution in [0.15, 0.2) is 60.8 Å². The summed E-state index contributed by atoms with van der Waals surface area (Å²) in [5.41, 5.74) is 3.15. The van der Waals surface area contributed by atoms with Gasteiger partial charge in [0.05, 0.1) is 18.7 Å². The Bertz CT molecular complexity index is 1390. The topological polar surface area (TPSA) is 69.2 Å². The molecule has 0 N–H and O–H groups in total. The lowest BCUT2D eigenvalue weighted by molar-refractivity contribution is -0.137. The number of aromatic nitrogens is 1. The molecule has 1 aromatic heterocycles. The number of hydrogen-bond acceptors (Lipinski definition) is 6. The van der Waals surface area contributed by atoms with Crippen molar-refractivity contribution in [3.8, 4) is 5.75 Å². The predicted octanol–water partition coefficient (Wildman–Crippen LogP) is 4.04. The van der Waals surface area contributed by atoms with Crippen LogP contribution >= 0.6 is 0 Å². The van der Waals surface area contributed by atoms with Crippen molar-refractivity contribution in [2.24, 2.45) is 11.8 Å². The van der Waals surface area contributed by atoms with Gasteiger partial charge in [0, 0.05) is 75.9 Å². The van der Waals surface area contributed by atoms with E-state index in [0.29, 0.717) is 51.0 Å². The van der Waals surface area contributed by atoms with Gasteiger partial charge in [0.1, 0.15) is 5.75 Å². The summed E-state index contributed by atoms with van der Waals surface area (Å²) in [4.78, 5) is 40.3. The average Bonchev–Trinajstić information content (AvgIpc) is 3.01. The molecule has 0 radical (unpaired) electrons. The third-order valence-electron chi connectivity index (χ3n) is 9.29. The molecule has 8 heteroatoms. The standard InChI is InChI=1S/C34H43N5O3/c1-36-14-16-38(17-15-36)33(40)20-27-12-13-39-24-29(27)9-6-18-42-32-11-5-3-8-30(32)23-37(25-34(39)41)22-26-19-28-7-2-4-10-31(28)35-21-26/h2-5,7-8,10-11,19,21,27,29H,6,9,12-18,20,22-25H2,1H3/t27-,29-/m0/s1. The van der Waals surface area contributed by atoms with Gasteiger partial charge in [0.15, 0.2) is 0 Å². The monoisotopic (exact) mass is 569 g/mol. The van der Waals surface area contributed by atoms with Crippen LogP contribution in [0.3, 0.4) is 0 Å². The van der Waals surface area contributed by atoms with Crippen molar-refractivity contribution in [1.82, 2.24) is 24.6 Å². The second-order valence-corrected chi connectivity index (χ2v) is 12.3. The fourth-order valence-corrected chi connectivity index (χ4v) is 6.78. The highest BCUT2D eigenvalue weighted by Crippen LogP contribution is 2.32. The Morgan fingerprint density at radius 2 is 1.79 bits per heavy atom. The number of ether oxygens (including phenoxy) is 1. The maximum Gasteiger partial charge on any atom is 0.236 e. The fraction of sp³-hybridized carbons (Fsp3) is 0.500.